The highest BCUT2D eigenvalue weighted by Gasteiger charge is 2.05. The zero-order valence-electron chi connectivity index (χ0n) is 8.44. The highest BCUT2D eigenvalue weighted by molar-refractivity contribution is 9.10. The Kier molecular flexibility index (Phi) is 3.51. The molecule has 2 heteroatoms. The van der Waals surface area contributed by atoms with Crippen LogP contribution in [0, 0.1) is 0 Å². The molecule has 0 aliphatic carbocycles. The van der Waals surface area contributed by atoms with Gasteiger partial charge in [0.25, 0.3) is 0 Å². The first-order valence-electron chi connectivity index (χ1n) is 5.04. The summed E-state index contributed by atoms with van der Waals surface area (Å²) in [6.07, 6.45) is 3.15. The third kappa shape index (κ3) is 2.90. The molecule has 0 atom stereocenters. The van der Waals surface area contributed by atoms with Gasteiger partial charge in [-0.3, -0.25) is 0 Å². The number of rotatable bonds is 3. The van der Waals surface area contributed by atoms with E-state index in [2.05, 4.69) is 69.2 Å². The normalized spacial score (nSPS) is 10.2. The topological polar surface area (TPSA) is 3.88 Å². The van der Waals surface area contributed by atoms with Crippen LogP contribution in [0.2, 0.25) is 0 Å². The Morgan fingerprint density at radius 1 is 0.933 bits per heavy atom. The number of hydrogen-bond donors (Lipinski definition) is 0. The molecule has 0 spiro atoms. The quantitative estimate of drug-likeness (QED) is 0.592. The molecule has 0 saturated heterocycles. The van der Waals surface area contributed by atoms with Crippen molar-refractivity contribution in [2.45, 2.75) is 13.0 Å². The zero-order chi connectivity index (χ0) is 10.5. The lowest BCUT2D eigenvalue weighted by Gasteiger charge is -1.99. The third-order valence-corrected chi connectivity index (χ3v) is 3.09. The van der Waals surface area contributed by atoms with Gasteiger partial charge in [0.05, 0.1) is 0 Å². The monoisotopic (exact) mass is 262 g/mol. The van der Waals surface area contributed by atoms with Gasteiger partial charge in [0.15, 0.2) is 12.7 Å². The first-order valence-corrected chi connectivity index (χ1v) is 5.83. The average molecular weight is 263 g/mol. The summed E-state index contributed by atoms with van der Waals surface area (Å²) in [6.45, 7) is 1.01. The van der Waals surface area contributed by atoms with Crippen LogP contribution in [0.3, 0.4) is 0 Å². The second-order valence-corrected chi connectivity index (χ2v) is 4.26. The van der Waals surface area contributed by atoms with Crippen molar-refractivity contribution >= 4 is 15.9 Å². The van der Waals surface area contributed by atoms with Crippen molar-refractivity contribution in [1.29, 1.82) is 0 Å². The van der Waals surface area contributed by atoms with Gasteiger partial charge >= 0.3 is 0 Å². The number of benzene rings is 1. The minimum Gasteiger partial charge on any atom is -0.193 e. The van der Waals surface area contributed by atoms with Crippen LogP contribution in [-0.2, 0) is 13.0 Å². The Labute approximate surface area is 98.5 Å². The second kappa shape index (κ2) is 5.08. The largest absolute Gasteiger partial charge is 0.247 e. The standard InChI is InChI=1S/C13H13BrN/c14-13-8-4-5-10-15(13)11-9-12-6-2-1-3-7-12/h1-8,10H,9,11H2/q+1. The van der Waals surface area contributed by atoms with E-state index in [9.17, 15) is 0 Å². The molecule has 0 N–H and O–H groups in total. The first-order chi connectivity index (χ1) is 7.36. The minimum atomic E-state index is 1.01. The molecule has 0 amide bonds. The van der Waals surface area contributed by atoms with Gasteiger partial charge in [-0.25, -0.2) is 0 Å². The molecule has 1 aromatic heterocycles. The molecule has 0 radical (unpaired) electrons. The lowest BCUT2D eigenvalue weighted by Crippen LogP contribution is -2.35. The van der Waals surface area contributed by atoms with Crippen LogP contribution in [0.15, 0.2) is 59.3 Å². The molecule has 0 saturated carbocycles. The van der Waals surface area contributed by atoms with Crippen LogP contribution >= 0.6 is 15.9 Å². The van der Waals surface area contributed by atoms with Crippen molar-refractivity contribution in [2.75, 3.05) is 0 Å². The van der Waals surface area contributed by atoms with Crippen LogP contribution in [0.25, 0.3) is 0 Å². The van der Waals surface area contributed by atoms with E-state index in [1.807, 2.05) is 6.07 Å². The summed E-state index contributed by atoms with van der Waals surface area (Å²) in [7, 11) is 0. The number of hydrogen-bond acceptors (Lipinski definition) is 0. The predicted molar refractivity (Wildman–Crippen MR) is 64.5 cm³/mol. The van der Waals surface area contributed by atoms with Crippen LogP contribution < -0.4 is 4.57 Å². The highest BCUT2D eigenvalue weighted by atomic mass is 79.9. The fourth-order valence-electron chi connectivity index (χ4n) is 1.53. The van der Waals surface area contributed by atoms with Gasteiger partial charge < -0.3 is 0 Å². The van der Waals surface area contributed by atoms with Crippen LogP contribution in [0.5, 0.6) is 0 Å². The number of aromatic nitrogens is 1. The van der Waals surface area contributed by atoms with Crippen molar-refractivity contribution < 1.29 is 4.57 Å². The van der Waals surface area contributed by atoms with E-state index < -0.39 is 0 Å². The molecule has 0 aliphatic heterocycles. The predicted octanol–water partition coefficient (Wildman–Crippen LogP) is 2.98. The zero-order valence-corrected chi connectivity index (χ0v) is 10.0. The molecule has 0 aliphatic rings. The maximum absolute atomic E-state index is 3.53. The molecular weight excluding hydrogens is 250 g/mol. The van der Waals surface area contributed by atoms with Gasteiger partial charge in [-0.15, -0.1) is 0 Å². The summed E-state index contributed by atoms with van der Waals surface area (Å²) >= 11 is 3.53. The number of halogens is 1. The van der Waals surface area contributed by atoms with Crippen molar-refractivity contribution in [3.63, 3.8) is 0 Å². The smallest absolute Gasteiger partial charge is 0.193 e. The molecular formula is C13H13BrN+. The van der Waals surface area contributed by atoms with Gasteiger partial charge in [-0.2, -0.15) is 4.57 Å². The van der Waals surface area contributed by atoms with Gasteiger partial charge in [0, 0.05) is 34.5 Å². The molecule has 1 heterocycles. The molecule has 0 unspecified atom stereocenters. The molecule has 0 bridgehead atoms. The van der Waals surface area contributed by atoms with Gasteiger partial charge in [-0.1, -0.05) is 30.3 Å². The minimum absolute atomic E-state index is 1.01. The summed E-state index contributed by atoms with van der Waals surface area (Å²) in [5.41, 5.74) is 1.38. The molecule has 1 aromatic carbocycles. The molecule has 2 aromatic rings. The average Bonchev–Trinajstić information content (AvgIpc) is 2.29. The van der Waals surface area contributed by atoms with E-state index in [0.29, 0.717) is 0 Å². The van der Waals surface area contributed by atoms with E-state index in [1.54, 1.807) is 0 Å². The third-order valence-electron chi connectivity index (χ3n) is 2.37. The van der Waals surface area contributed by atoms with E-state index in [4.69, 9.17) is 0 Å². The Hall–Kier alpha value is -1.15. The van der Waals surface area contributed by atoms with E-state index in [-0.39, 0.29) is 0 Å². The second-order valence-electron chi connectivity index (χ2n) is 3.45. The summed E-state index contributed by atoms with van der Waals surface area (Å²) in [5, 5.41) is 0. The van der Waals surface area contributed by atoms with Gasteiger partial charge in [0.1, 0.15) is 0 Å². The van der Waals surface area contributed by atoms with Gasteiger partial charge in [-0.05, 0) is 11.6 Å². The van der Waals surface area contributed by atoms with E-state index >= 15 is 0 Å². The molecule has 76 valence electrons. The Morgan fingerprint density at radius 2 is 1.67 bits per heavy atom. The van der Waals surface area contributed by atoms with Crippen LogP contribution in [0.1, 0.15) is 5.56 Å². The lowest BCUT2D eigenvalue weighted by atomic mass is 10.1. The summed E-state index contributed by atoms with van der Waals surface area (Å²) in [5.74, 6) is 0. The number of pyridine rings is 1. The first kappa shape index (κ1) is 10.4. The molecule has 1 nitrogen and oxygen atoms in total. The maximum atomic E-state index is 3.53. The SMILES string of the molecule is Brc1cccc[n+]1CCc1ccccc1. The summed E-state index contributed by atoms with van der Waals surface area (Å²) in [6, 6.07) is 16.7. The fraction of sp³-hybridized carbons (Fsp3) is 0.154. The van der Waals surface area contributed by atoms with Crippen molar-refractivity contribution in [1.82, 2.24) is 0 Å². The molecule has 15 heavy (non-hydrogen) atoms. The molecule has 0 fully saturated rings. The Bertz CT molecular complexity index is 426. The van der Waals surface area contributed by atoms with Crippen LogP contribution in [-0.4, -0.2) is 0 Å². The van der Waals surface area contributed by atoms with E-state index in [0.717, 1.165) is 17.6 Å². The Balaban J connectivity index is 2.03. The molecule has 2 rings (SSSR count). The van der Waals surface area contributed by atoms with Crippen molar-refractivity contribution in [3.8, 4) is 0 Å². The highest BCUT2D eigenvalue weighted by Crippen LogP contribution is 2.03. The van der Waals surface area contributed by atoms with Crippen molar-refractivity contribution in [2.24, 2.45) is 0 Å². The van der Waals surface area contributed by atoms with E-state index in [1.165, 1.54) is 5.56 Å². The van der Waals surface area contributed by atoms with Crippen LogP contribution in [0.4, 0.5) is 0 Å². The number of aryl methyl sites for hydroxylation is 2. The Morgan fingerprint density at radius 3 is 2.40 bits per heavy atom. The summed E-state index contributed by atoms with van der Waals surface area (Å²) in [4.78, 5) is 0. The fourth-order valence-corrected chi connectivity index (χ4v) is 1.98. The number of nitrogens with zero attached hydrogens (tertiary/aromatic N) is 1. The van der Waals surface area contributed by atoms with Gasteiger partial charge in [0.2, 0.25) is 4.60 Å². The van der Waals surface area contributed by atoms with Crippen molar-refractivity contribution in [3.05, 3.63) is 64.9 Å². The summed E-state index contributed by atoms with van der Waals surface area (Å²) < 4.78 is 3.33. The maximum Gasteiger partial charge on any atom is 0.247 e. The lowest BCUT2D eigenvalue weighted by molar-refractivity contribution is -0.707.